The molecule has 1 N–H and O–H groups in total. The second-order valence-electron chi connectivity index (χ2n) is 7.01. The number of carbonyl (C=O) groups is 2. The second-order valence-corrected chi connectivity index (χ2v) is 7.41. The van der Waals surface area contributed by atoms with E-state index in [0.717, 1.165) is 0 Å². The number of hydrogen-bond donors (Lipinski definition) is 1. The number of amides is 1. The Kier molecular flexibility index (Phi) is 6.84. The third kappa shape index (κ3) is 4.37. The van der Waals surface area contributed by atoms with Crippen molar-refractivity contribution in [2.24, 2.45) is 0 Å². The van der Waals surface area contributed by atoms with Gasteiger partial charge < -0.3 is 23.9 Å². The average molecular weight is 434 g/mol. The number of aliphatic hydroxyl groups is 1. The molecule has 1 unspecified atom stereocenters. The van der Waals surface area contributed by atoms with E-state index >= 15 is 0 Å². The van der Waals surface area contributed by atoms with Crippen molar-refractivity contribution in [3.05, 3.63) is 58.5 Å². The van der Waals surface area contributed by atoms with E-state index in [1.165, 1.54) is 17.2 Å². The van der Waals surface area contributed by atoms with E-state index < -0.39 is 17.7 Å². The molecule has 2 heterocycles. The van der Waals surface area contributed by atoms with Gasteiger partial charge in [0.1, 0.15) is 23.3 Å². The van der Waals surface area contributed by atoms with Crippen LogP contribution in [0.25, 0.3) is 5.76 Å². The number of hydrogen-bond acceptors (Lipinski definition) is 6. The summed E-state index contributed by atoms with van der Waals surface area (Å²) in [4.78, 5) is 27.0. The van der Waals surface area contributed by atoms with Crippen LogP contribution < -0.4 is 4.74 Å². The molecule has 30 heavy (non-hydrogen) atoms. The van der Waals surface area contributed by atoms with Gasteiger partial charge in [-0.3, -0.25) is 9.59 Å². The number of nitrogens with zero attached hydrogens (tertiary/aromatic N) is 1. The molecule has 7 nitrogen and oxygen atoms in total. The molecule has 2 aromatic rings. The van der Waals surface area contributed by atoms with Crippen LogP contribution in [0.5, 0.6) is 5.75 Å². The zero-order valence-electron chi connectivity index (χ0n) is 17.1. The summed E-state index contributed by atoms with van der Waals surface area (Å²) in [5.41, 5.74) is 0.264. The standard InChI is InChI=1S/C22H24ClNO6/c1-4-28-17-12-14(7-8-15(17)23)20(25)18-19(16-6-5-10-30-16)24(22(27)21(18)26)9-11-29-13(2)3/h5-8,10,12-13,19,25H,4,9,11H2,1-3H3/b20-18-. The normalized spacial score (nSPS) is 18.4. The molecule has 0 saturated carbocycles. The summed E-state index contributed by atoms with van der Waals surface area (Å²) >= 11 is 6.13. The van der Waals surface area contributed by atoms with Crippen molar-refractivity contribution in [1.82, 2.24) is 4.90 Å². The van der Waals surface area contributed by atoms with E-state index in [9.17, 15) is 14.7 Å². The van der Waals surface area contributed by atoms with Gasteiger partial charge >= 0.3 is 0 Å². The van der Waals surface area contributed by atoms with Crippen molar-refractivity contribution in [2.45, 2.75) is 32.9 Å². The molecule has 1 aliphatic heterocycles. The Morgan fingerprint density at radius 1 is 1.30 bits per heavy atom. The number of ketones is 1. The molecule has 3 rings (SSSR count). The lowest BCUT2D eigenvalue weighted by Crippen LogP contribution is -2.33. The average Bonchev–Trinajstić information content (AvgIpc) is 3.31. The molecular formula is C22H24ClNO6. The van der Waals surface area contributed by atoms with E-state index in [1.807, 2.05) is 20.8 Å². The van der Waals surface area contributed by atoms with Gasteiger partial charge in [0.15, 0.2) is 0 Å². The highest BCUT2D eigenvalue weighted by Crippen LogP contribution is 2.40. The minimum Gasteiger partial charge on any atom is -0.507 e. The molecule has 1 saturated heterocycles. The van der Waals surface area contributed by atoms with Crippen LogP contribution in [0.2, 0.25) is 5.02 Å². The summed E-state index contributed by atoms with van der Waals surface area (Å²) in [6, 6.07) is 7.13. The Bertz CT molecular complexity index is 951. The summed E-state index contributed by atoms with van der Waals surface area (Å²) in [7, 11) is 0. The number of ether oxygens (including phenoxy) is 2. The minimum absolute atomic E-state index is 0.0186. The molecule has 0 radical (unpaired) electrons. The van der Waals surface area contributed by atoms with Crippen LogP contribution in [-0.4, -0.2) is 47.6 Å². The van der Waals surface area contributed by atoms with Crippen molar-refractivity contribution in [2.75, 3.05) is 19.8 Å². The van der Waals surface area contributed by atoms with Crippen LogP contribution in [0.1, 0.15) is 38.1 Å². The van der Waals surface area contributed by atoms with Gasteiger partial charge in [-0.1, -0.05) is 11.6 Å². The van der Waals surface area contributed by atoms with Crippen molar-refractivity contribution in [3.63, 3.8) is 0 Å². The van der Waals surface area contributed by atoms with Crippen LogP contribution in [0.15, 0.2) is 46.6 Å². The Labute approximate surface area is 179 Å². The third-order valence-corrected chi connectivity index (χ3v) is 4.95. The van der Waals surface area contributed by atoms with Gasteiger partial charge in [-0.2, -0.15) is 0 Å². The van der Waals surface area contributed by atoms with Crippen LogP contribution in [0.4, 0.5) is 0 Å². The van der Waals surface area contributed by atoms with E-state index in [2.05, 4.69) is 0 Å². The number of benzene rings is 1. The largest absolute Gasteiger partial charge is 0.507 e. The zero-order valence-corrected chi connectivity index (χ0v) is 17.8. The fraction of sp³-hybridized carbons (Fsp3) is 0.364. The summed E-state index contributed by atoms with van der Waals surface area (Å²) in [5.74, 6) is -1.08. The molecule has 1 aliphatic rings. The number of likely N-dealkylation sites (tertiary alicyclic amines) is 1. The monoisotopic (exact) mass is 433 g/mol. The van der Waals surface area contributed by atoms with Crippen molar-refractivity contribution in [1.29, 1.82) is 0 Å². The van der Waals surface area contributed by atoms with Gasteiger partial charge in [-0.15, -0.1) is 0 Å². The number of rotatable bonds is 8. The molecule has 1 aromatic heterocycles. The molecule has 160 valence electrons. The predicted octanol–water partition coefficient (Wildman–Crippen LogP) is 4.18. The Morgan fingerprint density at radius 2 is 2.07 bits per heavy atom. The van der Waals surface area contributed by atoms with E-state index in [-0.39, 0.29) is 30.6 Å². The lowest BCUT2D eigenvalue weighted by atomic mass is 9.99. The maximum atomic E-state index is 12.9. The first-order valence-corrected chi connectivity index (χ1v) is 10.1. The highest BCUT2D eigenvalue weighted by Gasteiger charge is 2.47. The Morgan fingerprint density at radius 3 is 2.70 bits per heavy atom. The fourth-order valence-electron chi connectivity index (χ4n) is 3.31. The lowest BCUT2D eigenvalue weighted by Gasteiger charge is -2.23. The predicted molar refractivity (Wildman–Crippen MR) is 111 cm³/mol. The maximum absolute atomic E-state index is 12.9. The van der Waals surface area contributed by atoms with Crippen molar-refractivity contribution >= 4 is 29.1 Å². The van der Waals surface area contributed by atoms with Gasteiger partial charge in [0, 0.05) is 12.1 Å². The molecular weight excluding hydrogens is 410 g/mol. The number of carbonyl (C=O) groups excluding carboxylic acids is 2. The van der Waals surface area contributed by atoms with E-state index in [1.54, 1.807) is 24.3 Å². The molecule has 1 aromatic carbocycles. The van der Waals surface area contributed by atoms with E-state index in [0.29, 0.717) is 28.7 Å². The van der Waals surface area contributed by atoms with Gasteiger partial charge in [0.2, 0.25) is 0 Å². The SMILES string of the molecule is CCOc1cc(/C(O)=C2/C(=O)C(=O)N(CCOC(C)C)C2c2ccco2)ccc1Cl. The van der Waals surface area contributed by atoms with Crippen LogP contribution in [0.3, 0.4) is 0 Å². The zero-order chi connectivity index (χ0) is 21.8. The smallest absolute Gasteiger partial charge is 0.295 e. The number of furan rings is 1. The van der Waals surface area contributed by atoms with Gasteiger partial charge in [0.05, 0.1) is 36.2 Å². The Hall–Kier alpha value is -2.77. The summed E-state index contributed by atoms with van der Waals surface area (Å²) in [6.07, 6.45) is 1.44. The maximum Gasteiger partial charge on any atom is 0.295 e. The van der Waals surface area contributed by atoms with E-state index in [4.69, 9.17) is 25.5 Å². The lowest BCUT2D eigenvalue weighted by molar-refractivity contribution is -0.140. The molecule has 0 bridgehead atoms. The summed E-state index contributed by atoms with van der Waals surface area (Å²) in [5, 5.41) is 11.4. The quantitative estimate of drug-likeness (QED) is 0.381. The molecule has 0 aliphatic carbocycles. The van der Waals surface area contributed by atoms with Crippen LogP contribution in [-0.2, 0) is 14.3 Å². The first-order chi connectivity index (χ1) is 14.3. The molecule has 1 amide bonds. The third-order valence-electron chi connectivity index (χ3n) is 4.64. The molecule has 0 spiro atoms. The van der Waals surface area contributed by atoms with Crippen molar-refractivity contribution in [3.8, 4) is 5.75 Å². The second kappa shape index (κ2) is 9.36. The Balaban J connectivity index is 2.05. The van der Waals surface area contributed by atoms with Gasteiger partial charge in [-0.25, -0.2) is 0 Å². The number of halogens is 1. The molecule has 1 atom stereocenters. The summed E-state index contributed by atoms with van der Waals surface area (Å²) in [6.45, 7) is 6.39. The fourth-order valence-corrected chi connectivity index (χ4v) is 3.48. The van der Waals surface area contributed by atoms with Crippen LogP contribution in [0, 0.1) is 0 Å². The first-order valence-electron chi connectivity index (χ1n) is 9.71. The highest BCUT2D eigenvalue weighted by atomic mass is 35.5. The molecule has 8 heteroatoms. The van der Waals surface area contributed by atoms with Crippen LogP contribution >= 0.6 is 11.6 Å². The topological polar surface area (TPSA) is 89.2 Å². The first kappa shape index (κ1) is 21.9. The van der Waals surface area contributed by atoms with Gasteiger partial charge in [0.25, 0.3) is 11.7 Å². The molecule has 1 fully saturated rings. The number of aliphatic hydroxyl groups excluding tert-OH is 1. The number of Topliss-reactive ketones (excluding diaryl/α,β-unsaturated/α-hetero) is 1. The minimum atomic E-state index is -0.859. The van der Waals surface area contributed by atoms with Crippen molar-refractivity contribution < 1.29 is 28.6 Å². The summed E-state index contributed by atoms with van der Waals surface area (Å²) < 4.78 is 16.5. The van der Waals surface area contributed by atoms with Gasteiger partial charge in [-0.05, 0) is 51.1 Å². The highest BCUT2D eigenvalue weighted by molar-refractivity contribution is 6.46.